The van der Waals surface area contributed by atoms with Gasteiger partial charge in [-0.05, 0) is 42.9 Å². The Hall–Kier alpha value is -3.92. The lowest BCUT2D eigenvalue weighted by molar-refractivity contribution is -0.143. The van der Waals surface area contributed by atoms with Crippen molar-refractivity contribution >= 4 is 63.4 Å². The van der Waals surface area contributed by atoms with Crippen molar-refractivity contribution < 1.29 is 72.6 Å². The molecule has 8 N–H and O–H groups in total. The Morgan fingerprint density at radius 2 is 1.02 bits per heavy atom. The van der Waals surface area contributed by atoms with Crippen LogP contribution in [-0.2, 0) is 57.3 Å². The number of hydrogen-bond donors (Lipinski definition) is 8. The third-order valence-electron chi connectivity index (χ3n) is 7.86. The number of aliphatic carboxylic acids is 3. The van der Waals surface area contributed by atoms with Gasteiger partial charge in [0, 0.05) is 32.5 Å². The summed E-state index contributed by atoms with van der Waals surface area (Å²) in [7, 11) is 0. The van der Waals surface area contributed by atoms with Crippen molar-refractivity contribution in [2.24, 2.45) is 10.8 Å². The number of carboxylic acids is 3. The molecular formula is C36H62BrN5O15. The molecule has 57 heavy (non-hydrogen) atoms. The van der Waals surface area contributed by atoms with Gasteiger partial charge in [0.25, 0.3) is 0 Å². The Kier molecular flexibility index (Phi) is 28.1. The fourth-order valence-corrected chi connectivity index (χ4v) is 5.92. The minimum Gasteiger partial charge on any atom is -0.481 e. The van der Waals surface area contributed by atoms with Gasteiger partial charge in [-0.25, -0.2) is 9.59 Å². The smallest absolute Gasteiger partial charge is 0.326 e. The molecule has 0 rings (SSSR count). The van der Waals surface area contributed by atoms with Gasteiger partial charge in [-0.3, -0.25) is 28.8 Å². The topological polar surface area (TPSA) is 294 Å². The molecule has 20 nitrogen and oxygen atoms in total. The molecule has 0 heterocycles. The number of hydrogen-bond acceptors (Lipinski definition) is 12. The number of ether oxygens (including phenoxy) is 4. The van der Waals surface area contributed by atoms with E-state index >= 15 is 0 Å². The first kappa shape index (κ1) is 53.1. The molecule has 21 heteroatoms. The van der Waals surface area contributed by atoms with Gasteiger partial charge >= 0.3 is 17.9 Å². The summed E-state index contributed by atoms with van der Waals surface area (Å²) in [5.41, 5.74) is -1.15. The highest BCUT2D eigenvalue weighted by atomic mass is 79.9. The minimum atomic E-state index is -1.28. The molecule has 0 saturated carbocycles. The van der Waals surface area contributed by atoms with Gasteiger partial charge < -0.3 is 60.9 Å². The van der Waals surface area contributed by atoms with Crippen molar-refractivity contribution in [2.45, 2.75) is 91.1 Å². The second kappa shape index (κ2) is 30.2. The average molecular weight is 885 g/mol. The molecule has 2 unspecified atom stereocenters. The number of rotatable bonds is 35. The van der Waals surface area contributed by atoms with E-state index in [-0.39, 0.29) is 115 Å². The molecule has 0 aromatic heterocycles. The van der Waals surface area contributed by atoms with E-state index in [1.54, 1.807) is 13.8 Å². The van der Waals surface area contributed by atoms with Crippen LogP contribution in [0.2, 0.25) is 0 Å². The van der Waals surface area contributed by atoms with E-state index in [2.05, 4.69) is 42.5 Å². The van der Waals surface area contributed by atoms with Crippen LogP contribution < -0.4 is 26.6 Å². The van der Waals surface area contributed by atoms with Gasteiger partial charge in [0.1, 0.15) is 25.3 Å². The summed E-state index contributed by atoms with van der Waals surface area (Å²) in [4.78, 5) is 94.1. The highest BCUT2D eigenvalue weighted by molar-refractivity contribution is 9.09. The summed E-state index contributed by atoms with van der Waals surface area (Å²) < 4.78 is 21.1. The summed E-state index contributed by atoms with van der Waals surface area (Å²) in [6.45, 7) is 8.19. The van der Waals surface area contributed by atoms with E-state index in [0.717, 1.165) is 0 Å². The predicted octanol–water partition coefficient (Wildman–Crippen LogP) is 0.193. The lowest BCUT2D eigenvalue weighted by atomic mass is 9.71. The fraction of sp³-hybridized carbons (Fsp3) is 0.778. The van der Waals surface area contributed by atoms with Crippen LogP contribution >= 0.6 is 15.9 Å². The average Bonchev–Trinajstić information content (AvgIpc) is 3.09. The molecule has 0 saturated heterocycles. The van der Waals surface area contributed by atoms with Gasteiger partial charge in [-0.2, -0.15) is 0 Å². The van der Waals surface area contributed by atoms with Crippen LogP contribution in [0.4, 0.5) is 0 Å². The molecule has 0 aliphatic rings. The van der Waals surface area contributed by atoms with Crippen LogP contribution in [-0.4, -0.2) is 153 Å². The number of halogens is 1. The number of carboxylic acid groups (broad SMARTS) is 3. The maximum absolute atomic E-state index is 12.6. The zero-order chi connectivity index (χ0) is 43.3. The number of amides is 5. The summed E-state index contributed by atoms with van der Waals surface area (Å²) in [5.74, 6) is -5.44. The van der Waals surface area contributed by atoms with Gasteiger partial charge in [0.2, 0.25) is 29.5 Å². The Morgan fingerprint density at radius 1 is 0.544 bits per heavy atom. The van der Waals surface area contributed by atoms with Gasteiger partial charge in [-0.1, -0.05) is 43.6 Å². The van der Waals surface area contributed by atoms with E-state index in [9.17, 15) is 48.6 Å². The number of alkyl halides is 1. The molecule has 5 amide bonds. The van der Waals surface area contributed by atoms with Gasteiger partial charge in [0.15, 0.2) is 0 Å². The third-order valence-corrected chi connectivity index (χ3v) is 8.37. The van der Waals surface area contributed by atoms with E-state index in [1.165, 1.54) is 0 Å². The van der Waals surface area contributed by atoms with Crippen LogP contribution in [0.15, 0.2) is 0 Å². The largest absolute Gasteiger partial charge is 0.481 e. The molecule has 0 radical (unpaired) electrons. The van der Waals surface area contributed by atoms with Crippen molar-refractivity contribution in [3.05, 3.63) is 0 Å². The van der Waals surface area contributed by atoms with E-state index < -0.39 is 58.5 Å². The van der Waals surface area contributed by atoms with Crippen molar-refractivity contribution in [1.82, 2.24) is 26.6 Å². The first-order valence-electron chi connectivity index (χ1n) is 18.7. The van der Waals surface area contributed by atoms with E-state index in [1.807, 2.05) is 13.8 Å². The van der Waals surface area contributed by atoms with Crippen molar-refractivity contribution in [3.63, 3.8) is 0 Å². The monoisotopic (exact) mass is 883 g/mol. The lowest BCUT2D eigenvalue weighted by Crippen LogP contribution is -2.43. The standard InChI is InChI=1S/C36H62BrN5O15/c1-35(2,24-36(3,4)20-32(48)49)19-28(44)41-26(34(52)53)8-9-27(43)39-11-13-54-15-17-56-22-30(46)40-12-14-55-16-18-57-23-31(47)42-25(33(50)51)7-5-6-10-38-29(45)21-37/h25-26H,5-24H2,1-4H3,(H,38,45)(H,39,43)(H,40,46)(H,41,44)(H,42,47)(H,48,49)(H,50,51)(H,52,53). The maximum Gasteiger partial charge on any atom is 0.326 e. The molecule has 0 fully saturated rings. The fourth-order valence-electron chi connectivity index (χ4n) is 5.72. The third kappa shape index (κ3) is 30.8. The van der Waals surface area contributed by atoms with Crippen LogP contribution in [0.25, 0.3) is 0 Å². The van der Waals surface area contributed by atoms with Crippen molar-refractivity contribution in [3.8, 4) is 0 Å². The van der Waals surface area contributed by atoms with Crippen molar-refractivity contribution in [2.75, 3.05) is 77.8 Å². The highest BCUT2D eigenvalue weighted by Crippen LogP contribution is 2.38. The lowest BCUT2D eigenvalue weighted by Gasteiger charge is -2.34. The van der Waals surface area contributed by atoms with Crippen LogP contribution in [0.3, 0.4) is 0 Å². The van der Waals surface area contributed by atoms with Crippen molar-refractivity contribution in [1.29, 1.82) is 0 Å². The summed E-state index contributed by atoms with van der Waals surface area (Å²) in [6.07, 6.45) is 1.33. The Bertz CT molecular complexity index is 1280. The molecule has 0 bridgehead atoms. The zero-order valence-corrected chi connectivity index (χ0v) is 35.0. The molecule has 0 aliphatic carbocycles. The molecule has 0 aromatic carbocycles. The number of unbranched alkanes of at least 4 members (excludes halogenated alkanes) is 1. The summed E-state index contributed by atoms with van der Waals surface area (Å²) in [5, 5.41) is 40.9. The Balaban J connectivity index is 3.96. The maximum atomic E-state index is 12.6. The second-order valence-electron chi connectivity index (χ2n) is 14.7. The quantitative estimate of drug-likeness (QED) is 0.0312. The highest BCUT2D eigenvalue weighted by Gasteiger charge is 2.33. The molecule has 0 aromatic rings. The van der Waals surface area contributed by atoms with Gasteiger partial charge in [0.05, 0.1) is 51.4 Å². The Labute approximate surface area is 341 Å². The van der Waals surface area contributed by atoms with Crippen LogP contribution in [0, 0.1) is 10.8 Å². The molecule has 0 aliphatic heterocycles. The van der Waals surface area contributed by atoms with E-state index in [4.69, 9.17) is 24.1 Å². The first-order valence-corrected chi connectivity index (χ1v) is 19.8. The second-order valence-corrected chi connectivity index (χ2v) is 15.3. The molecule has 0 spiro atoms. The Morgan fingerprint density at radius 3 is 1.56 bits per heavy atom. The molecule has 2 atom stereocenters. The van der Waals surface area contributed by atoms with Gasteiger partial charge in [-0.15, -0.1) is 0 Å². The summed E-state index contributed by atoms with van der Waals surface area (Å²) in [6, 6.07) is -2.34. The van der Waals surface area contributed by atoms with Crippen LogP contribution in [0.5, 0.6) is 0 Å². The first-order chi connectivity index (χ1) is 26.8. The normalized spacial score (nSPS) is 12.5. The molecule has 328 valence electrons. The SMILES string of the molecule is CC(C)(CC(=O)O)CC(C)(C)CC(=O)NC(CCC(=O)NCCOCCOCC(=O)NCCOCCOCC(=O)NC(CCCCNC(=O)CBr)C(=O)O)C(=O)O. The predicted molar refractivity (Wildman–Crippen MR) is 207 cm³/mol. The number of carbonyl (C=O) groups is 8. The zero-order valence-electron chi connectivity index (χ0n) is 33.4. The summed E-state index contributed by atoms with van der Waals surface area (Å²) >= 11 is 3.03. The van der Waals surface area contributed by atoms with Crippen LogP contribution in [0.1, 0.15) is 79.1 Å². The number of nitrogens with one attached hydrogen (secondary N) is 5. The van der Waals surface area contributed by atoms with E-state index in [0.29, 0.717) is 25.8 Å². The number of carbonyl (C=O) groups excluding carboxylic acids is 5. The minimum absolute atomic E-state index is 0.0119. The molecular weight excluding hydrogens is 822 g/mol.